The quantitative estimate of drug-likeness (QED) is 0.840. The molecule has 0 aliphatic heterocycles. The highest BCUT2D eigenvalue weighted by Crippen LogP contribution is 2.30. The van der Waals surface area contributed by atoms with Crippen molar-refractivity contribution in [3.8, 4) is 11.5 Å². The number of rotatable bonds is 7. The van der Waals surface area contributed by atoms with Crippen LogP contribution in [-0.4, -0.2) is 18.2 Å². The first-order chi connectivity index (χ1) is 10.2. The van der Waals surface area contributed by atoms with E-state index in [1.807, 2.05) is 44.3 Å². The Bertz CT molecular complexity index is 585. The Kier molecular flexibility index (Phi) is 5.43. The highest BCUT2D eigenvalue weighted by Gasteiger charge is 2.06. The first-order valence-corrected chi connectivity index (χ1v) is 7.27. The zero-order valence-corrected chi connectivity index (χ0v) is 12.8. The third-order valence-electron chi connectivity index (χ3n) is 3.18. The van der Waals surface area contributed by atoms with Crippen LogP contribution in [0, 0.1) is 6.92 Å². The van der Waals surface area contributed by atoms with Crippen LogP contribution >= 0.6 is 0 Å². The maximum Gasteiger partial charge on any atom is 0.142 e. The Morgan fingerprint density at radius 1 is 1.10 bits per heavy atom. The Labute approximate surface area is 126 Å². The van der Waals surface area contributed by atoms with Gasteiger partial charge in [-0.25, -0.2) is 0 Å². The van der Waals surface area contributed by atoms with Crippen molar-refractivity contribution in [2.45, 2.75) is 27.3 Å². The summed E-state index contributed by atoms with van der Waals surface area (Å²) in [6.07, 6.45) is 3.69. The molecular weight excluding hydrogens is 264 g/mol. The van der Waals surface area contributed by atoms with Crippen molar-refractivity contribution in [1.82, 2.24) is 4.98 Å². The number of anilines is 1. The summed E-state index contributed by atoms with van der Waals surface area (Å²) in [5.41, 5.74) is 3.32. The van der Waals surface area contributed by atoms with Gasteiger partial charge in [0.05, 0.1) is 18.9 Å². The normalized spacial score (nSPS) is 10.2. The SMILES string of the molecule is CCOc1ccc(OCC)c(NCc2cnccc2C)c1. The molecule has 1 aromatic carbocycles. The lowest BCUT2D eigenvalue weighted by atomic mass is 10.1. The van der Waals surface area contributed by atoms with Gasteiger partial charge in [0, 0.05) is 25.0 Å². The Hall–Kier alpha value is -2.23. The molecule has 0 saturated carbocycles. The molecule has 0 saturated heterocycles. The van der Waals surface area contributed by atoms with Gasteiger partial charge in [0.25, 0.3) is 0 Å². The Morgan fingerprint density at radius 2 is 1.90 bits per heavy atom. The molecule has 0 aliphatic carbocycles. The molecule has 1 aromatic heterocycles. The summed E-state index contributed by atoms with van der Waals surface area (Å²) in [6, 6.07) is 7.85. The fourth-order valence-corrected chi connectivity index (χ4v) is 2.06. The average Bonchev–Trinajstić information content (AvgIpc) is 2.49. The molecule has 4 nitrogen and oxygen atoms in total. The van der Waals surface area contributed by atoms with Gasteiger partial charge in [0.15, 0.2) is 0 Å². The van der Waals surface area contributed by atoms with E-state index in [2.05, 4.69) is 17.2 Å². The minimum Gasteiger partial charge on any atom is -0.494 e. The molecule has 0 radical (unpaired) electrons. The predicted octanol–water partition coefficient (Wildman–Crippen LogP) is 3.80. The van der Waals surface area contributed by atoms with E-state index < -0.39 is 0 Å². The van der Waals surface area contributed by atoms with Gasteiger partial charge < -0.3 is 14.8 Å². The number of aromatic nitrogens is 1. The number of hydrogen-bond donors (Lipinski definition) is 1. The summed E-state index contributed by atoms with van der Waals surface area (Å²) in [7, 11) is 0. The number of hydrogen-bond acceptors (Lipinski definition) is 4. The zero-order chi connectivity index (χ0) is 15.1. The highest BCUT2D eigenvalue weighted by molar-refractivity contribution is 5.60. The van der Waals surface area contributed by atoms with Gasteiger partial charge in [-0.2, -0.15) is 0 Å². The van der Waals surface area contributed by atoms with Crippen molar-refractivity contribution in [3.05, 3.63) is 47.8 Å². The summed E-state index contributed by atoms with van der Waals surface area (Å²) in [6.45, 7) is 8.02. The molecule has 1 heterocycles. The average molecular weight is 286 g/mol. The van der Waals surface area contributed by atoms with Crippen molar-refractivity contribution in [2.75, 3.05) is 18.5 Å². The van der Waals surface area contributed by atoms with Gasteiger partial charge in [-0.1, -0.05) is 0 Å². The van der Waals surface area contributed by atoms with Crippen LogP contribution < -0.4 is 14.8 Å². The molecule has 0 unspecified atom stereocenters. The minimum absolute atomic E-state index is 0.634. The monoisotopic (exact) mass is 286 g/mol. The van der Waals surface area contributed by atoms with E-state index in [4.69, 9.17) is 9.47 Å². The number of nitrogens with zero attached hydrogens (tertiary/aromatic N) is 1. The molecule has 0 atom stereocenters. The largest absolute Gasteiger partial charge is 0.494 e. The Morgan fingerprint density at radius 3 is 2.62 bits per heavy atom. The maximum atomic E-state index is 5.66. The van der Waals surface area contributed by atoms with Gasteiger partial charge in [0.2, 0.25) is 0 Å². The lowest BCUT2D eigenvalue weighted by molar-refractivity contribution is 0.332. The fraction of sp³-hybridized carbons (Fsp3) is 0.353. The summed E-state index contributed by atoms with van der Waals surface area (Å²) in [5.74, 6) is 1.67. The highest BCUT2D eigenvalue weighted by atomic mass is 16.5. The van der Waals surface area contributed by atoms with Crippen LogP contribution in [-0.2, 0) is 6.54 Å². The van der Waals surface area contributed by atoms with Gasteiger partial charge in [-0.05, 0) is 50.1 Å². The summed E-state index contributed by atoms with van der Waals surface area (Å²) in [5, 5.41) is 3.41. The van der Waals surface area contributed by atoms with E-state index in [0.717, 1.165) is 17.2 Å². The second-order valence-electron chi connectivity index (χ2n) is 4.68. The predicted molar refractivity (Wildman–Crippen MR) is 85.1 cm³/mol. The molecule has 0 bridgehead atoms. The lowest BCUT2D eigenvalue weighted by Gasteiger charge is -2.15. The van der Waals surface area contributed by atoms with Crippen LogP contribution in [0.3, 0.4) is 0 Å². The van der Waals surface area contributed by atoms with Crippen molar-refractivity contribution in [2.24, 2.45) is 0 Å². The Balaban J connectivity index is 2.16. The van der Waals surface area contributed by atoms with Gasteiger partial charge in [0.1, 0.15) is 11.5 Å². The minimum atomic E-state index is 0.634. The number of benzene rings is 1. The van der Waals surface area contributed by atoms with Crippen LogP contribution in [0.4, 0.5) is 5.69 Å². The van der Waals surface area contributed by atoms with E-state index in [0.29, 0.717) is 19.8 Å². The van der Waals surface area contributed by atoms with Crippen molar-refractivity contribution in [1.29, 1.82) is 0 Å². The van der Waals surface area contributed by atoms with Gasteiger partial charge >= 0.3 is 0 Å². The summed E-state index contributed by atoms with van der Waals surface area (Å²) >= 11 is 0. The van der Waals surface area contributed by atoms with Crippen molar-refractivity contribution in [3.63, 3.8) is 0 Å². The number of nitrogens with one attached hydrogen (secondary N) is 1. The zero-order valence-electron chi connectivity index (χ0n) is 12.8. The van der Waals surface area contributed by atoms with Crippen LogP contribution in [0.15, 0.2) is 36.7 Å². The van der Waals surface area contributed by atoms with Crippen LogP contribution in [0.5, 0.6) is 11.5 Å². The van der Waals surface area contributed by atoms with E-state index in [1.165, 1.54) is 11.1 Å². The van der Waals surface area contributed by atoms with Crippen LogP contribution in [0.25, 0.3) is 0 Å². The number of ether oxygens (including phenoxy) is 2. The van der Waals surface area contributed by atoms with Gasteiger partial charge in [-0.15, -0.1) is 0 Å². The number of aryl methyl sites for hydroxylation is 1. The lowest BCUT2D eigenvalue weighted by Crippen LogP contribution is -2.05. The van der Waals surface area contributed by atoms with E-state index in [-0.39, 0.29) is 0 Å². The molecule has 1 N–H and O–H groups in total. The molecule has 0 fully saturated rings. The second-order valence-corrected chi connectivity index (χ2v) is 4.68. The molecule has 21 heavy (non-hydrogen) atoms. The molecule has 4 heteroatoms. The van der Waals surface area contributed by atoms with Crippen LogP contribution in [0.1, 0.15) is 25.0 Å². The summed E-state index contributed by atoms with van der Waals surface area (Å²) < 4.78 is 11.2. The first kappa shape index (κ1) is 15.2. The van der Waals surface area contributed by atoms with Crippen molar-refractivity contribution < 1.29 is 9.47 Å². The van der Waals surface area contributed by atoms with E-state index in [1.54, 1.807) is 6.20 Å². The molecular formula is C17H22N2O2. The molecule has 0 aliphatic rings. The third kappa shape index (κ3) is 4.12. The molecule has 2 aromatic rings. The van der Waals surface area contributed by atoms with E-state index >= 15 is 0 Å². The third-order valence-corrected chi connectivity index (χ3v) is 3.18. The standard InChI is InChI=1S/C17H22N2O2/c1-4-20-15-6-7-17(21-5-2)16(10-15)19-12-14-11-18-9-8-13(14)3/h6-11,19H,4-5,12H2,1-3H3. The maximum absolute atomic E-state index is 5.66. The molecule has 0 amide bonds. The van der Waals surface area contributed by atoms with Crippen molar-refractivity contribution >= 4 is 5.69 Å². The van der Waals surface area contributed by atoms with Crippen LogP contribution in [0.2, 0.25) is 0 Å². The van der Waals surface area contributed by atoms with E-state index in [9.17, 15) is 0 Å². The fourth-order valence-electron chi connectivity index (χ4n) is 2.06. The summed E-state index contributed by atoms with van der Waals surface area (Å²) in [4.78, 5) is 4.17. The first-order valence-electron chi connectivity index (χ1n) is 7.27. The second kappa shape index (κ2) is 7.53. The smallest absolute Gasteiger partial charge is 0.142 e. The van der Waals surface area contributed by atoms with Gasteiger partial charge in [-0.3, -0.25) is 4.98 Å². The molecule has 2 rings (SSSR count). The topological polar surface area (TPSA) is 43.4 Å². The molecule has 0 spiro atoms. The number of pyridine rings is 1. The molecule has 112 valence electrons.